The Morgan fingerprint density at radius 1 is 1.20 bits per heavy atom. The summed E-state index contributed by atoms with van der Waals surface area (Å²) in [5.41, 5.74) is 4.04. The van der Waals surface area contributed by atoms with Crippen LogP contribution in [0.15, 0.2) is 48.8 Å². The standard InChI is InChI=1S/C19H19N3O3/c1-12-3-5-13(6-4-12)16(10-18(23)25-2)22-19(24)14-7-8-15-17(9-14)21-11-20-15/h3-9,11,16H,10H2,1-2H3,(H,20,21)(H,22,24)/t16-/m1/s1. The van der Waals surface area contributed by atoms with Crippen molar-refractivity contribution >= 4 is 22.9 Å². The third kappa shape index (κ3) is 3.85. The number of H-pyrrole nitrogens is 1. The third-order valence-corrected chi connectivity index (χ3v) is 4.07. The van der Waals surface area contributed by atoms with Gasteiger partial charge in [0.05, 0.1) is 36.9 Å². The van der Waals surface area contributed by atoms with Crippen molar-refractivity contribution in [2.45, 2.75) is 19.4 Å². The molecule has 0 fully saturated rings. The highest BCUT2D eigenvalue weighted by Gasteiger charge is 2.20. The predicted octanol–water partition coefficient (Wildman–Crippen LogP) is 2.91. The number of carbonyl (C=O) groups is 2. The Balaban J connectivity index is 1.83. The fourth-order valence-corrected chi connectivity index (χ4v) is 2.62. The zero-order valence-corrected chi connectivity index (χ0v) is 14.1. The molecule has 1 atom stereocenters. The molecule has 6 heteroatoms. The maximum Gasteiger partial charge on any atom is 0.307 e. The third-order valence-electron chi connectivity index (χ3n) is 4.07. The van der Waals surface area contributed by atoms with E-state index >= 15 is 0 Å². The lowest BCUT2D eigenvalue weighted by Gasteiger charge is -2.18. The Bertz CT molecular complexity index is 900. The van der Waals surface area contributed by atoms with Gasteiger partial charge in [0.25, 0.3) is 5.91 Å². The van der Waals surface area contributed by atoms with Gasteiger partial charge in [-0.15, -0.1) is 0 Å². The van der Waals surface area contributed by atoms with Gasteiger partial charge in [-0.2, -0.15) is 0 Å². The van der Waals surface area contributed by atoms with Crippen molar-refractivity contribution in [2.75, 3.05) is 7.11 Å². The summed E-state index contributed by atoms with van der Waals surface area (Å²) in [6, 6.07) is 12.5. The van der Waals surface area contributed by atoms with Crippen LogP contribution in [0.1, 0.15) is 33.9 Å². The molecule has 0 spiro atoms. The summed E-state index contributed by atoms with van der Waals surface area (Å²) in [5.74, 6) is -0.638. The van der Waals surface area contributed by atoms with Crippen LogP contribution in [0.5, 0.6) is 0 Å². The van der Waals surface area contributed by atoms with E-state index < -0.39 is 6.04 Å². The van der Waals surface area contributed by atoms with Gasteiger partial charge in [-0.05, 0) is 30.7 Å². The minimum Gasteiger partial charge on any atom is -0.469 e. The summed E-state index contributed by atoms with van der Waals surface area (Å²) in [6.07, 6.45) is 1.65. The molecule has 2 N–H and O–H groups in total. The second-order valence-electron chi connectivity index (χ2n) is 5.85. The highest BCUT2D eigenvalue weighted by atomic mass is 16.5. The molecule has 1 heterocycles. The van der Waals surface area contributed by atoms with E-state index in [1.807, 2.05) is 31.2 Å². The van der Waals surface area contributed by atoms with Crippen molar-refractivity contribution in [2.24, 2.45) is 0 Å². The van der Waals surface area contributed by atoms with Gasteiger partial charge in [0.2, 0.25) is 0 Å². The first-order chi connectivity index (χ1) is 12.1. The molecule has 0 aliphatic rings. The SMILES string of the molecule is COC(=O)C[C@@H](NC(=O)c1ccc2nc[nH]c2c1)c1ccc(C)cc1. The number of hydrogen-bond donors (Lipinski definition) is 2. The Morgan fingerprint density at radius 3 is 2.68 bits per heavy atom. The molecule has 1 aromatic heterocycles. The molecule has 0 unspecified atom stereocenters. The van der Waals surface area contributed by atoms with E-state index in [4.69, 9.17) is 4.74 Å². The van der Waals surface area contributed by atoms with Crippen molar-refractivity contribution in [3.05, 3.63) is 65.5 Å². The van der Waals surface area contributed by atoms with Gasteiger partial charge in [0, 0.05) is 5.56 Å². The summed E-state index contributed by atoms with van der Waals surface area (Å²) in [4.78, 5) is 31.5. The average molecular weight is 337 g/mol. The lowest BCUT2D eigenvalue weighted by molar-refractivity contribution is -0.141. The quantitative estimate of drug-likeness (QED) is 0.701. The maximum atomic E-state index is 12.6. The van der Waals surface area contributed by atoms with Crippen LogP contribution < -0.4 is 5.32 Å². The van der Waals surface area contributed by atoms with Crippen LogP contribution in [0, 0.1) is 6.92 Å². The highest BCUT2D eigenvalue weighted by molar-refractivity contribution is 5.97. The van der Waals surface area contributed by atoms with Crippen molar-refractivity contribution < 1.29 is 14.3 Å². The van der Waals surface area contributed by atoms with E-state index in [0.717, 1.165) is 22.2 Å². The fraction of sp³-hybridized carbons (Fsp3) is 0.211. The molecule has 0 radical (unpaired) electrons. The zero-order chi connectivity index (χ0) is 17.8. The Morgan fingerprint density at radius 2 is 1.96 bits per heavy atom. The largest absolute Gasteiger partial charge is 0.469 e. The van der Waals surface area contributed by atoms with Gasteiger partial charge in [0.1, 0.15) is 0 Å². The van der Waals surface area contributed by atoms with Crippen molar-refractivity contribution in [3.63, 3.8) is 0 Å². The molecular formula is C19H19N3O3. The van der Waals surface area contributed by atoms with Crippen molar-refractivity contribution in [1.82, 2.24) is 15.3 Å². The maximum absolute atomic E-state index is 12.6. The molecule has 3 aromatic rings. The number of fused-ring (bicyclic) bond motifs is 1. The monoisotopic (exact) mass is 337 g/mol. The molecule has 0 bridgehead atoms. The highest BCUT2D eigenvalue weighted by Crippen LogP contribution is 2.20. The molecule has 128 valence electrons. The van der Waals surface area contributed by atoms with Crippen LogP contribution in [0.3, 0.4) is 0 Å². The number of aromatic amines is 1. The number of hydrogen-bond acceptors (Lipinski definition) is 4. The van der Waals surface area contributed by atoms with Crippen LogP contribution in [0.25, 0.3) is 11.0 Å². The van der Waals surface area contributed by atoms with Gasteiger partial charge in [-0.3, -0.25) is 9.59 Å². The molecule has 0 aliphatic carbocycles. The molecule has 25 heavy (non-hydrogen) atoms. The van der Waals surface area contributed by atoms with Crippen LogP contribution in [-0.2, 0) is 9.53 Å². The van der Waals surface area contributed by atoms with E-state index in [2.05, 4.69) is 15.3 Å². The van der Waals surface area contributed by atoms with Crippen LogP contribution >= 0.6 is 0 Å². The summed E-state index contributed by atoms with van der Waals surface area (Å²) in [6.45, 7) is 1.98. The summed E-state index contributed by atoms with van der Waals surface area (Å²) in [7, 11) is 1.34. The van der Waals surface area contributed by atoms with E-state index in [1.54, 1.807) is 24.5 Å². The van der Waals surface area contributed by atoms with Gasteiger partial charge in [-0.1, -0.05) is 29.8 Å². The van der Waals surface area contributed by atoms with Gasteiger partial charge >= 0.3 is 5.97 Å². The molecule has 6 nitrogen and oxygen atoms in total. The predicted molar refractivity (Wildman–Crippen MR) is 94.1 cm³/mol. The zero-order valence-electron chi connectivity index (χ0n) is 14.1. The number of benzene rings is 2. The first-order valence-corrected chi connectivity index (χ1v) is 7.94. The smallest absolute Gasteiger partial charge is 0.307 e. The normalized spacial score (nSPS) is 11.9. The van der Waals surface area contributed by atoms with Crippen LogP contribution in [0.4, 0.5) is 0 Å². The van der Waals surface area contributed by atoms with Crippen LogP contribution in [0.2, 0.25) is 0 Å². The first kappa shape index (κ1) is 16.7. The van der Waals surface area contributed by atoms with Crippen molar-refractivity contribution in [1.29, 1.82) is 0 Å². The molecule has 3 rings (SSSR count). The number of nitrogens with zero attached hydrogens (tertiary/aromatic N) is 1. The number of carbonyl (C=O) groups excluding carboxylic acids is 2. The number of aromatic nitrogens is 2. The van der Waals surface area contributed by atoms with E-state index in [1.165, 1.54) is 7.11 Å². The molecular weight excluding hydrogens is 318 g/mol. The number of esters is 1. The second-order valence-corrected chi connectivity index (χ2v) is 5.85. The Kier molecular flexibility index (Phi) is 4.79. The molecule has 1 amide bonds. The number of nitrogens with one attached hydrogen (secondary N) is 2. The summed E-state index contributed by atoms with van der Waals surface area (Å²) in [5, 5.41) is 2.92. The topological polar surface area (TPSA) is 84.1 Å². The molecule has 2 aromatic carbocycles. The van der Waals surface area contributed by atoms with Gasteiger partial charge in [0.15, 0.2) is 0 Å². The minimum absolute atomic E-state index is 0.0671. The summed E-state index contributed by atoms with van der Waals surface area (Å²) >= 11 is 0. The molecule has 0 saturated heterocycles. The molecule has 0 aliphatic heterocycles. The first-order valence-electron chi connectivity index (χ1n) is 7.94. The lowest BCUT2D eigenvalue weighted by atomic mass is 10.0. The van der Waals surface area contributed by atoms with Crippen LogP contribution in [-0.4, -0.2) is 29.0 Å². The lowest BCUT2D eigenvalue weighted by Crippen LogP contribution is -2.30. The number of methoxy groups -OCH3 is 1. The average Bonchev–Trinajstić information content (AvgIpc) is 3.09. The fourth-order valence-electron chi connectivity index (χ4n) is 2.62. The van der Waals surface area contributed by atoms with Gasteiger partial charge in [-0.25, -0.2) is 4.98 Å². The number of imidazole rings is 1. The summed E-state index contributed by atoms with van der Waals surface area (Å²) < 4.78 is 4.76. The Hall–Kier alpha value is -3.15. The minimum atomic E-state index is -0.460. The second kappa shape index (κ2) is 7.17. The number of amides is 1. The van der Waals surface area contributed by atoms with Crippen molar-refractivity contribution in [3.8, 4) is 0 Å². The van der Waals surface area contributed by atoms with E-state index in [-0.39, 0.29) is 18.3 Å². The number of aryl methyl sites for hydroxylation is 1. The Labute approximate surface area is 145 Å². The molecule has 0 saturated carbocycles. The van der Waals surface area contributed by atoms with E-state index in [9.17, 15) is 9.59 Å². The number of rotatable bonds is 5. The van der Waals surface area contributed by atoms with Gasteiger partial charge < -0.3 is 15.0 Å². The van der Waals surface area contributed by atoms with E-state index in [0.29, 0.717) is 5.56 Å². The number of ether oxygens (including phenoxy) is 1.